The van der Waals surface area contributed by atoms with Crippen LogP contribution >= 0.6 is 0 Å². The van der Waals surface area contributed by atoms with Crippen molar-refractivity contribution in [1.82, 2.24) is 4.90 Å². The Hall–Kier alpha value is -1.61. The Kier molecular flexibility index (Phi) is 3.94. The fourth-order valence-corrected chi connectivity index (χ4v) is 1.79. The van der Waals surface area contributed by atoms with Crippen molar-refractivity contribution in [2.45, 2.75) is 18.9 Å². The van der Waals surface area contributed by atoms with E-state index in [-0.39, 0.29) is 12.5 Å². The first kappa shape index (κ1) is 11.9. The van der Waals surface area contributed by atoms with E-state index in [1.54, 1.807) is 11.0 Å². The Morgan fingerprint density at radius 2 is 2.06 bits per heavy atom. The van der Waals surface area contributed by atoms with Crippen LogP contribution in [0.2, 0.25) is 0 Å². The van der Waals surface area contributed by atoms with Crippen molar-refractivity contribution in [1.29, 1.82) is 0 Å². The predicted molar refractivity (Wildman–Crippen MR) is 67.3 cm³/mol. The molecule has 0 radical (unpaired) electrons. The average molecular weight is 231 g/mol. The van der Waals surface area contributed by atoms with E-state index in [4.69, 9.17) is 5.11 Å². The first-order valence-electron chi connectivity index (χ1n) is 5.96. The van der Waals surface area contributed by atoms with Crippen LogP contribution in [0.4, 0.5) is 0 Å². The summed E-state index contributed by atoms with van der Waals surface area (Å²) in [5, 5.41) is 8.93. The molecular formula is C14H17NO2. The van der Waals surface area contributed by atoms with E-state index in [1.165, 1.54) is 0 Å². The van der Waals surface area contributed by atoms with Gasteiger partial charge in [-0.1, -0.05) is 30.3 Å². The number of rotatable bonds is 5. The molecule has 3 heteroatoms. The summed E-state index contributed by atoms with van der Waals surface area (Å²) in [5.74, 6) is -0.00889. The van der Waals surface area contributed by atoms with Crippen molar-refractivity contribution in [2.75, 3.05) is 13.2 Å². The zero-order chi connectivity index (χ0) is 12.1. The van der Waals surface area contributed by atoms with Gasteiger partial charge in [0.15, 0.2) is 0 Å². The minimum absolute atomic E-state index is 0.00889. The molecule has 0 atom stereocenters. The molecule has 1 fully saturated rings. The van der Waals surface area contributed by atoms with E-state index in [0.717, 1.165) is 18.4 Å². The van der Waals surface area contributed by atoms with Crippen LogP contribution in [-0.2, 0) is 4.79 Å². The van der Waals surface area contributed by atoms with Gasteiger partial charge >= 0.3 is 0 Å². The molecule has 0 unspecified atom stereocenters. The van der Waals surface area contributed by atoms with Gasteiger partial charge in [-0.2, -0.15) is 0 Å². The number of amides is 1. The smallest absolute Gasteiger partial charge is 0.246 e. The molecule has 0 saturated heterocycles. The molecule has 3 nitrogen and oxygen atoms in total. The first-order valence-corrected chi connectivity index (χ1v) is 5.96. The fourth-order valence-electron chi connectivity index (χ4n) is 1.79. The lowest BCUT2D eigenvalue weighted by Gasteiger charge is -2.19. The number of aliphatic hydroxyl groups excluding tert-OH is 1. The topological polar surface area (TPSA) is 40.5 Å². The van der Waals surface area contributed by atoms with Gasteiger partial charge in [-0.05, 0) is 24.5 Å². The maximum Gasteiger partial charge on any atom is 0.246 e. The lowest BCUT2D eigenvalue weighted by atomic mass is 10.2. The van der Waals surface area contributed by atoms with E-state index >= 15 is 0 Å². The van der Waals surface area contributed by atoms with Crippen molar-refractivity contribution >= 4 is 12.0 Å². The minimum atomic E-state index is -0.00889. The van der Waals surface area contributed by atoms with Gasteiger partial charge in [0.05, 0.1) is 6.61 Å². The maximum atomic E-state index is 11.9. The summed E-state index contributed by atoms with van der Waals surface area (Å²) in [4.78, 5) is 13.7. The van der Waals surface area contributed by atoms with Gasteiger partial charge in [0.1, 0.15) is 0 Å². The lowest BCUT2D eigenvalue weighted by molar-refractivity contribution is -0.127. The molecular weight excluding hydrogens is 214 g/mol. The van der Waals surface area contributed by atoms with Crippen LogP contribution in [0.5, 0.6) is 0 Å². The molecule has 1 aromatic rings. The van der Waals surface area contributed by atoms with E-state index in [0.29, 0.717) is 12.6 Å². The highest BCUT2D eigenvalue weighted by Crippen LogP contribution is 2.26. The van der Waals surface area contributed by atoms with E-state index in [9.17, 15) is 4.79 Å². The maximum absolute atomic E-state index is 11.9. The van der Waals surface area contributed by atoms with E-state index in [1.807, 2.05) is 36.4 Å². The Labute approximate surface area is 101 Å². The molecule has 1 aliphatic carbocycles. The van der Waals surface area contributed by atoms with Crippen LogP contribution in [-0.4, -0.2) is 35.1 Å². The monoisotopic (exact) mass is 231 g/mol. The Morgan fingerprint density at radius 3 is 2.65 bits per heavy atom. The summed E-state index contributed by atoms with van der Waals surface area (Å²) >= 11 is 0. The zero-order valence-corrected chi connectivity index (χ0v) is 9.75. The summed E-state index contributed by atoms with van der Waals surface area (Å²) < 4.78 is 0. The van der Waals surface area contributed by atoms with Gasteiger partial charge in [-0.25, -0.2) is 0 Å². The minimum Gasteiger partial charge on any atom is -0.395 e. The number of hydrogen-bond donors (Lipinski definition) is 1. The molecule has 17 heavy (non-hydrogen) atoms. The molecule has 1 saturated carbocycles. The molecule has 0 spiro atoms. The first-order chi connectivity index (χ1) is 8.31. The standard InChI is InChI=1S/C14H17NO2/c16-11-10-15(13-7-8-13)14(17)9-6-12-4-2-1-3-5-12/h1-6,9,13,16H,7-8,10-11H2/b9-6+. The summed E-state index contributed by atoms with van der Waals surface area (Å²) in [5.41, 5.74) is 1.01. The SMILES string of the molecule is O=C(/C=C/c1ccccc1)N(CCO)C1CC1. The lowest BCUT2D eigenvalue weighted by Crippen LogP contribution is -2.34. The number of carbonyl (C=O) groups excluding carboxylic acids is 1. The molecule has 0 aromatic heterocycles. The Morgan fingerprint density at radius 1 is 1.35 bits per heavy atom. The molecule has 90 valence electrons. The molecule has 1 aliphatic rings. The van der Waals surface area contributed by atoms with Crippen molar-refractivity contribution in [3.8, 4) is 0 Å². The average Bonchev–Trinajstić information content (AvgIpc) is 3.18. The number of hydrogen-bond acceptors (Lipinski definition) is 2. The van der Waals surface area contributed by atoms with Crippen molar-refractivity contribution in [3.63, 3.8) is 0 Å². The summed E-state index contributed by atoms with van der Waals surface area (Å²) in [6.45, 7) is 0.462. The molecule has 1 N–H and O–H groups in total. The molecule has 2 rings (SSSR count). The second-order valence-electron chi connectivity index (χ2n) is 4.23. The van der Waals surface area contributed by atoms with E-state index < -0.39 is 0 Å². The highest BCUT2D eigenvalue weighted by molar-refractivity contribution is 5.92. The molecule has 1 aromatic carbocycles. The van der Waals surface area contributed by atoms with Crippen LogP contribution in [0.3, 0.4) is 0 Å². The molecule has 1 amide bonds. The zero-order valence-electron chi connectivity index (χ0n) is 9.75. The summed E-state index contributed by atoms with van der Waals surface area (Å²) in [6, 6.07) is 10.1. The van der Waals surface area contributed by atoms with Gasteiger partial charge in [0, 0.05) is 18.7 Å². The quantitative estimate of drug-likeness (QED) is 0.783. The van der Waals surface area contributed by atoms with Crippen molar-refractivity contribution < 1.29 is 9.90 Å². The van der Waals surface area contributed by atoms with Crippen LogP contribution in [0, 0.1) is 0 Å². The van der Waals surface area contributed by atoms with Crippen LogP contribution in [0.1, 0.15) is 18.4 Å². The third kappa shape index (κ3) is 3.43. The largest absolute Gasteiger partial charge is 0.395 e. The summed E-state index contributed by atoms with van der Waals surface area (Å²) in [7, 11) is 0. The van der Waals surface area contributed by atoms with Gasteiger partial charge in [0.25, 0.3) is 0 Å². The molecule has 0 heterocycles. The number of benzene rings is 1. The number of nitrogens with zero attached hydrogens (tertiary/aromatic N) is 1. The van der Waals surface area contributed by atoms with Crippen LogP contribution in [0.15, 0.2) is 36.4 Å². The fraction of sp³-hybridized carbons (Fsp3) is 0.357. The molecule has 0 bridgehead atoms. The number of carbonyl (C=O) groups is 1. The van der Waals surface area contributed by atoms with Gasteiger partial charge in [-0.15, -0.1) is 0 Å². The Balaban J connectivity index is 1.97. The second kappa shape index (κ2) is 5.64. The van der Waals surface area contributed by atoms with Crippen molar-refractivity contribution in [2.24, 2.45) is 0 Å². The highest BCUT2D eigenvalue weighted by atomic mass is 16.3. The second-order valence-corrected chi connectivity index (χ2v) is 4.23. The van der Waals surface area contributed by atoms with Crippen molar-refractivity contribution in [3.05, 3.63) is 42.0 Å². The van der Waals surface area contributed by atoms with E-state index in [2.05, 4.69) is 0 Å². The molecule has 0 aliphatic heterocycles. The van der Waals surface area contributed by atoms with Gasteiger partial charge in [0.2, 0.25) is 5.91 Å². The number of aliphatic hydroxyl groups is 1. The third-order valence-corrected chi connectivity index (χ3v) is 2.83. The normalized spacial score (nSPS) is 15.1. The summed E-state index contributed by atoms with van der Waals surface area (Å²) in [6.07, 6.45) is 5.52. The Bertz CT molecular complexity index is 396. The van der Waals surface area contributed by atoms with Gasteiger partial charge < -0.3 is 10.0 Å². The van der Waals surface area contributed by atoms with Crippen LogP contribution < -0.4 is 0 Å². The third-order valence-electron chi connectivity index (χ3n) is 2.83. The predicted octanol–water partition coefficient (Wildman–Crippen LogP) is 1.68. The van der Waals surface area contributed by atoms with Gasteiger partial charge in [-0.3, -0.25) is 4.79 Å². The van der Waals surface area contributed by atoms with Crippen LogP contribution in [0.25, 0.3) is 6.08 Å². The highest BCUT2D eigenvalue weighted by Gasteiger charge is 2.30.